The molecule has 0 spiro atoms. The molecule has 2 heteroatoms. The zero-order chi connectivity index (χ0) is 14.7. The van der Waals surface area contributed by atoms with Crippen molar-refractivity contribution in [2.45, 2.75) is 6.92 Å². The van der Waals surface area contributed by atoms with Gasteiger partial charge in [0.2, 0.25) is 0 Å². The van der Waals surface area contributed by atoms with Crippen LogP contribution in [0.25, 0.3) is 22.4 Å². The van der Waals surface area contributed by atoms with Crippen molar-refractivity contribution in [2.24, 2.45) is 0 Å². The van der Waals surface area contributed by atoms with Crippen molar-refractivity contribution < 1.29 is 4.79 Å². The van der Waals surface area contributed by atoms with Gasteiger partial charge in [0.05, 0.1) is 5.69 Å². The Morgan fingerprint density at radius 1 is 0.857 bits per heavy atom. The van der Waals surface area contributed by atoms with Crippen molar-refractivity contribution in [1.29, 1.82) is 0 Å². The van der Waals surface area contributed by atoms with Gasteiger partial charge in [0.1, 0.15) is 6.29 Å². The first-order valence-electron chi connectivity index (χ1n) is 6.86. The molecule has 0 atom stereocenters. The number of aryl methyl sites for hydroxylation is 1. The minimum atomic E-state index is 0.685. The third-order valence-corrected chi connectivity index (χ3v) is 3.55. The van der Waals surface area contributed by atoms with Gasteiger partial charge in [0.25, 0.3) is 0 Å². The quantitative estimate of drug-likeness (QED) is 0.656. The van der Waals surface area contributed by atoms with E-state index >= 15 is 0 Å². The van der Waals surface area contributed by atoms with Crippen molar-refractivity contribution in [1.82, 2.24) is 4.98 Å². The number of hydrogen-bond acceptors (Lipinski definition) is 2. The minimum Gasteiger partial charge on any atom is -0.298 e. The number of nitrogens with zero attached hydrogens (tertiary/aromatic N) is 1. The zero-order valence-corrected chi connectivity index (χ0v) is 11.8. The van der Waals surface area contributed by atoms with Crippen molar-refractivity contribution in [3.63, 3.8) is 0 Å². The van der Waals surface area contributed by atoms with E-state index < -0.39 is 0 Å². The molecule has 1 heterocycles. The van der Waals surface area contributed by atoms with Gasteiger partial charge in [-0.2, -0.15) is 0 Å². The lowest BCUT2D eigenvalue weighted by Crippen LogP contribution is -1.91. The number of benzene rings is 2. The van der Waals surface area contributed by atoms with Crippen LogP contribution in [0.15, 0.2) is 66.9 Å². The van der Waals surface area contributed by atoms with Crippen LogP contribution in [0.1, 0.15) is 15.9 Å². The molecule has 0 fully saturated rings. The fourth-order valence-electron chi connectivity index (χ4n) is 2.45. The largest absolute Gasteiger partial charge is 0.298 e. The summed E-state index contributed by atoms with van der Waals surface area (Å²) in [6.07, 6.45) is 2.67. The average molecular weight is 273 g/mol. The summed E-state index contributed by atoms with van der Waals surface area (Å²) in [5.74, 6) is 0. The molecule has 1 aromatic heterocycles. The molecule has 102 valence electrons. The van der Waals surface area contributed by atoms with E-state index in [1.807, 2.05) is 48.7 Å². The molecule has 0 aliphatic heterocycles. The highest BCUT2D eigenvalue weighted by atomic mass is 16.1. The van der Waals surface area contributed by atoms with E-state index in [-0.39, 0.29) is 0 Å². The molecule has 2 aromatic carbocycles. The maximum Gasteiger partial charge on any atom is 0.150 e. The molecule has 0 unspecified atom stereocenters. The Labute approximate surface area is 124 Å². The predicted molar refractivity (Wildman–Crippen MR) is 85.2 cm³/mol. The highest BCUT2D eigenvalue weighted by molar-refractivity contribution is 5.84. The van der Waals surface area contributed by atoms with Crippen LogP contribution in [0.2, 0.25) is 0 Å². The summed E-state index contributed by atoms with van der Waals surface area (Å²) in [5, 5.41) is 0. The third-order valence-electron chi connectivity index (χ3n) is 3.55. The Hall–Kier alpha value is -2.74. The lowest BCUT2D eigenvalue weighted by atomic mass is 9.95. The molecule has 3 aromatic rings. The van der Waals surface area contributed by atoms with Crippen molar-refractivity contribution in [3.05, 3.63) is 78.0 Å². The highest BCUT2D eigenvalue weighted by Gasteiger charge is 2.09. The Morgan fingerprint density at radius 2 is 1.57 bits per heavy atom. The molecule has 0 saturated heterocycles. The second-order valence-electron chi connectivity index (χ2n) is 4.95. The molecule has 2 nitrogen and oxygen atoms in total. The highest BCUT2D eigenvalue weighted by Crippen LogP contribution is 2.32. The van der Waals surface area contributed by atoms with Crippen LogP contribution in [0, 0.1) is 6.92 Å². The summed E-state index contributed by atoms with van der Waals surface area (Å²) in [7, 11) is 0. The number of pyridine rings is 1. The van der Waals surface area contributed by atoms with Crippen molar-refractivity contribution in [3.8, 4) is 22.4 Å². The van der Waals surface area contributed by atoms with Crippen LogP contribution in [-0.2, 0) is 0 Å². The van der Waals surface area contributed by atoms with Gasteiger partial charge >= 0.3 is 0 Å². The van der Waals surface area contributed by atoms with E-state index in [1.165, 1.54) is 0 Å². The van der Waals surface area contributed by atoms with E-state index in [2.05, 4.69) is 30.1 Å². The topological polar surface area (TPSA) is 30.0 Å². The molecule has 0 amide bonds. The van der Waals surface area contributed by atoms with Crippen LogP contribution >= 0.6 is 0 Å². The van der Waals surface area contributed by atoms with E-state index in [0.717, 1.165) is 34.2 Å². The lowest BCUT2D eigenvalue weighted by molar-refractivity contribution is 0.112. The predicted octanol–water partition coefficient (Wildman–Crippen LogP) is 4.54. The smallest absolute Gasteiger partial charge is 0.150 e. The van der Waals surface area contributed by atoms with Crippen molar-refractivity contribution in [2.75, 3.05) is 0 Å². The monoisotopic (exact) mass is 273 g/mol. The summed E-state index contributed by atoms with van der Waals surface area (Å²) >= 11 is 0. The second-order valence-corrected chi connectivity index (χ2v) is 4.95. The number of rotatable bonds is 3. The third kappa shape index (κ3) is 2.61. The standard InChI is InChI=1S/C19H15NO/c1-14-5-4-12-20-19(14)18-7-3-2-6-17(18)16-10-8-15(13-21)9-11-16/h2-13H,1H3. The Balaban J connectivity index is 2.15. The summed E-state index contributed by atoms with van der Waals surface area (Å²) in [5.41, 5.74) is 6.14. The zero-order valence-electron chi connectivity index (χ0n) is 11.8. The summed E-state index contributed by atoms with van der Waals surface area (Å²) in [4.78, 5) is 15.3. The fourth-order valence-corrected chi connectivity index (χ4v) is 2.45. The molecule has 0 bridgehead atoms. The van der Waals surface area contributed by atoms with Crippen LogP contribution < -0.4 is 0 Å². The van der Waals surface area contributed by atoms with Crippen LogP contribution in [0.4, 0.5) is 0 Å². The van der Waals surface area contributed by atoms with Gasteiger partial charge in [-0.25, -0.2) is 0 Å². The normalized spacial score (nSPS) is 10.3. The Morgan fingerprint density at radius 3 is 2.24 bits per heavy atom. The van der Waals surface area contributed by atoms with Crippen LogP contribution in [0.3, 0.4) is 0 Å². The molecule has 0 saturated carbocycles. The first kappa shape index (κ1) is 13.3. The van der Waals surface area contributed by atoms with E-state index in [9.17, 15) is 4.79 Å². The van der Waals surface area contributed by atoms with Crippen molar-refractivity contribution >= 4 is 6.29 Å². The summed E-state index contributed by atoms with van der Waals surface area (Å²) in [6.45, 7) is 2.06. The summed E-state index contributed by atoms with van der Waals surface area (Å²) < 4.78 is 0. The van der Waals surface area contributed by atoms with Crippen LogP contribution in [-0.4, -0.2) is 11.3 Å². The fraction of sp³-hybridized carbons (Fsp3) is 0.0526. The van der Waals surface area contributed by atoms with Gasteiger partial charge in [-0.15, -0.1) is 0 Å². The molecule has 0 radical (unpaired) electrons. The maximum absolute atomic E-state index is 10.8. The maximum atomic E-state index is 10.8. The van der Waals surface area contributed by atoms with Gasteiger partial charge in [0, 0.05) is 17.3 Å². The SMILES string of the molecule is Cc1cccnc1-c1ccccc1-c1ccc(C=O)cc1. The van der Waals surface area contributed by atoms with E-state index in [0.29, 0.717) is 5.56 Å². The molecular weight excluding hydrogens is 258 g/mol. The van der Waals surface area contributed by atoms with E-state index in [4.69, 9.17) is 0 Å². The molecule has 21 heavy (non-hydrogen) atoms. The first-order valence-corrected chi connectivity index (χ1v) is 6.86. The lowest BCUT2D eigenvalue weighted by Gasteiger charge is -2.11. The summed E-state index contributed by atoms with van der Waals surface area (Å²) in [6, 6.07) is 19.8. The minimum absolute atomic E-state index is 0.685. The number of carbonyl (C=O) groups is 1. The van der Waals surface area contributed by atoms with Gasteiger partial charge in [-0.3, -0.25) is 9.78 Å². The van der Waals surface area contributed by atoms with Crippen LogP contribution in [0.5, 0.6) is 0 Å². The van der Waals surface area contributed by atoms with Gasteiger partial charge in [-0.1, -0.05) is 54.6 Å². The van der Waals surface area contributed by atoms with Gasteiger partial charge < -0.3 is 0 Å². The van der Waals surface area contributed by atoms with Gasteiger partial charge in [0.15, 0.2) is 0 Å². The molecule has 0 aliphatic rings. The average Bonchev–Trinajstić information content (AvgIpc) is 2.55. The molecule has 3 rings (SSSR count). The molecule has 0 aliphatic carbocycles. The van der Waals surface area contributed by atoms with Gasteiger partial charge in [-0.05, 0) is 29.7 Å². The Bertz CT molecular complexity index is 776. The number of aldehydes is 1. The second kappa shape index (κ2) is 5.71. The first-order chi connectivity index (χ1) is 10.3. The molecule has 0 N–H and O–H groups in total. The number of hydrogen-bond donors (Lipinski definition) is 0. The number of carbonyl (C=O) groups excluding carboxylic acids is 1. The van der Waals surface area contributed by atoms with E-state index in [1.54, 1.807) is 0 Å². The number of aromatic nitrogens is 1. The molecular formula is C19H15NO. The Kier molecular flexibility index (Phi) is 3.61.